The van der Waals surface area contributed by atoms with Gasteiger partial charge in [-0.05, 0) is 76.4 Å². The molecule has 1 aromatic heterocycles. The summed E-state index contributed by atoms with van der Waals surface area (Å²) in [5.41, 5.74) is 3.98. The van der Waals surface area contributed by atoms with E-state index in [1.54, 1.807) is 6.07 Å². The number of nitrogens with zero attached hydrogens (tertiary/aromatic N) is 1. The molecule has 172 valence electrons. The Balaban J connectivity index is 1.59. The van der Waals surface area contributed by atoms with Gasteiger partial charge in [0.1, 0.15) is 0 Å². The van der Waals surface area contributed by atoms with Gasteiger partial charge in [-0.25, -0.2) is 4.79 Å². The Morgan fingerprint density at radius 1 is 1.15 bits per heavy atom. The number of esters is 1. The number of hydrogen-bond acceptors (Lipinski definition) is 4. The van der Waals surface area contributed by atoms with Gasteiger partial charge in [0.05, 0.1) is 16.8 Å². The second-order valence-electron chi connectivity index (χ2n) is 9.48. The van der Waals surface area contributed by atoms with Crippen molar-refractivity contribution in [1.29, 1.82) is 0 Å². The standard InChI is InChI=1S/C26H26Br2N2O3/c1-26(2,3)15-8-10-21-18(12-15)24(17-6-4-5-7-20(17)29-21)25(32)33-14-23(31)30-22-11-9-16(27)13-19(22)28/h4-7,9,11,13,15H,8,10,12,14H2,1-3H3,(H,30,31). The number of pyridine rings is 1. The zero-order chi connectivity index (χ0) is 23.8. The van der Waals surface area contributed by atoms with Gasteiger partial charge in [-0.2, -0.15) is 0 Å². The number of nitrogens with one attached hydrogen (secondary N) is 1. The Morgan fingerprint density at radius 3 is 2.64 bits per heavy atom. The molecule has 0 saturated carbocycles. The van der Waals surface area contributed by atoms with E-state index in [0.717, 1.165) is 50.4 Å². The minimum absolute atomic E-state index is 0.127. The van der Waals surface area contributed by atoms with Gasteiger partial charge >= 0.3 is 5.97 Å². The van der Waals surface area contributed by atoms with Crippen molar-refractivity contribution < 1.29 is 14.3 Å². The molecule has 7 heteroatoms. The molecule has 1 heterocycles. The summed E-state index contributed by atoms with van der Waals surface area (Å²) >= 11 is 6.81. The lowest BCUT2D eigenvalue weighted by Crippen LogP contribution is -2.29. The smallest absolute Gasteiger partial charge is 0.339 e. The summed E-state index contributed by atoms with van der Waals surface area (Å²) in [6.07, 6.45) is 2.65. The second-order valence-corrected chi connectivity index (χ2v) is 11.3. The van der Waals surface area contributed by atoms with E-state index in [-0.39, 0.29) is 12.0 Å². The summed E-state index contributed by atoms with van der Waals surface area (Å²) in [5, 5.41) is 3.54. The lowest BCUT2D eigenvalue weighted by atomic mass is 9.70. The summed E-state index contributed by atoms with van der Waals surface area (Å²) < 4.78 is 7.14. The molecule has 2 aromatic carbocycles. The van der Waals surface area contributed by atoms with Gasteiger partial charge in [-0.15, -0.1) is 0 Å². The number of benzene rings is 2. The highest BCUT2D eigenvalue weighted by Crippen LogP contribution is 2.39. The van der Waals surface area contributed by atoms with Crippen LogP contribution in [0.25, 0.3) is 10.9 Å². The molecule has 33 heavy (non-hydrogen) atoms. The van der Waals surface area contributed by atoms with Gasteiger partial charge in [-0.3, -0.25) is 9.78 Å². The predicted molar refractivity (Wildman–Crippen MR) is 137 cm³/mol. The Bertz CT molecular complexity index is 1230. The fourth-order valence-corrected chi connectivity index (χ4v) is 5.49. The number of halogens is 2. The van der Waals surface area contributed by atoms with Crippen LogP contribution in [0.2, 0.25) is 0 Å². The molecule has 0 radical (unpaired) electrons. The van der Waals surface area contributed by atoms with Gasteiger partial charge in [0.15, 0.2) is 6.61 Å². The average Bonchev–Trinajstić information content (AvgIpc) is 2.76. The first-order valence-corrected chi connectivity index (χ1v) is 12.5. The number of carbonyl (C=O) groups is 2. The molecular weight excluding hydrogens is 548 g/mol. The maximum atomic E-state index is 13.3. The topological polar surface area (TPSA) is 68.3 Å². The third kappa shape index (κ3) is 5.30. The van der Waals surface area contributed by atoms with Crippen LogP contribution in [0, 0.1) is 11.3 Å². The number of anilines is 1. The van der Waals surface area contributed by atoms with Crippen LogP contribution in [-0.2, 0) is 22.4 Å². The SMILES string of the molecule is CC(C)(C)C1CCc2nc3ccccc3c(C(=O)OCC(=O)Nc3ccc(Br)cc3Br)c2C1. The van der Waals surface area contributed by atoms with E-state index in [1.165, 1.54) is 0 Å². The zero-order valence-corrected chi connectivity index (χ0v) is 22.0. The third-order valence-electron chi connectivity index (χ3n) is 6.23. The van der Waals surface area contributed by atoms with Crippen LogP contribution in [0.4, 0.5) is 5.69 Å². The third-order valence-corrected chi connectivity index (χ3v) is 7.38. The first kappa shape index (κ1) is 23.9. The van der Waals surface area contributed by atoms with Crippen LogP contribution < -0.4 is 5.32 Å². The normalized spacial score (nSPS) is 15.7. The van der Waals surface area contributed by atoms with E-state index >= 15 is 0 Å². The summed E-state index contributed by atoms with van der Waals surface area (Å²) in [6, 6.07) is 13.1. The largest absolute Gasteiger partial charge is 0.452 e. The number of rotatable bonds is 4. The second kappa shape index (κ2) is 9.55. The van der Waals surface area contributed by atoms with Gasteiger partial charge in [0.2, 0.25) is 0 Å². The molecule has 0 fully saturated rings. The molecule has 0 spiro atoms. The van der Waals surface area contributed by atoms with E-state index in [9.17, 15) is 9.59 Å². The van der Waals surface area contributed by atoms with Gasteiger partial charge in [-0.1, -0.05) is 54.9 Å². The highest BCUT2D eigenvalue weighted by atomic mass is 79.9. The van der Waals surface area contributed by atoms with Crippen LogP contribution in [0.1, 0.15) is 48.8 Å². The quantitative estimate of drug-likeness (QED) is 0.352. The summed E-state index contributed by atoms with van der Waals surface area (Å²) in [7, 11) is 0. The molecule has 0 aliphatic heterocycles. The van der Waals surface area contributed by atoms with Crippen molar-refractivity contribution in [3.63, 3.8) is 0 Å². The lowest BCUT2D eigenvalue weighted by molar-refractivity contribution is -0.119. The summed E-state index contributed by atoms with van der Waals surface area (Å²) in [4.78, 5) is 30.6. The van der Waals surface area contributed by atoms with Crippen LogP contribution >= 0.6 is 31.9 Å². The first-order valence-electron chi connectivity index (χ1n) is 11.0. The van der Waals surface area contributed by atoms with Crippen molar-refractivity contribution in [3.8, 4) is 0 Å². The number of carbonyl (C=O) groups excluding carboxylic acids is 2. The monoisotopic (exact) mass is 572 g/mol. The Labute approximate surface area is 210 Å². The highest BCUT2D eigenvalue weighted by molar-refractivity contribution is 9.11. The van der Waals surface area contributed by atoms with E-state index in [2.05, 4.69) is 57.9 Å². The predicted octanol–water partition coefficient (Wildman–Crippen LogP) is 6.71. The molecule has 5 nitrogen and oxygen atoms in total. The number of aryl methyl sites for hydroxylation is 1. The Morgan fingerprint density at radius 2 is 1.91 bits per heavy atom. The van der Waals surface area contributed by atoms with Gasteiger partial charge in [0.25, 0.3) is 5.91 Å². The molecule has 1 aliphatic carbocycles. The van der Waals surface area contributed by atoms with Crippen LogP contribution in [0.15, 0.2) is 51.4 Å². The Kier molecular flexibility index (Phi) is 6.91. The van der Waals surface area contributed by atoms with E-state index in [4.69, 9.17) is 9.72 Å². The minimum Gasteiger partial charge on any atom is -0.452 e. The number of amides is 1. The number of para-hydroxylation sites is 1. The average molecular weight is 574 g/mol. The van der Waals surface area contributed by atoms with E-state index in [1.807, 2.05) is 36.4 Å². The highest BCUT2D eigenvalue weighted by Gasteiger charge is 2.33. The molecule has 1 aliphatic rings. The number of aromatic nitrogens is 1. The zero-order valence-electron chi connectivity index (χ0n) is 18.9. The van der Waals surface area contributed by atoms with Crippen molar-refractivity contribution in [2.75, 3.05) is 11.9 Å². The van der Waals surface area contributed by atoms with Crippen molar-refractivity contribution in [3.05, 3.63) is 68.2 Å². The van der Waals surface area contributed by atoms with Crippen LogP contribution in [0.3, 0.4) is 0 Å². The first-order chi connectivity index (χ1) is 15.6. The van der Waals surface area contributed by atoms with Crippen molar-refractivity contribution >= 4 is 60.3 Å². The molecule has 0 bridgehead atoms. The maximum Gasteiger partial charge on any atom is 0.339 e. The van der Waals surface area contributed by atoms with Crippen molar-refractivity contribution in [2.45, 2.75) is 40.0 Å². The summed E-state index contributed by atoms with van der Waals surface area (Å²) in [5.74, 6) is -0.437. The van der Waals surface area contributed by atoms with E-state index < -0.39 is 11.9 Å². The molecule has 1 N–H and O–H groups in total. The molecule has 1 unspecified atom stereocenters. The molecule has 1 atom stereocenters. The Hall–Kier alpha value is -2.25. The molecular formula is C26H26Br2N2O3. The molecule has 0 saturated heterocycles. The molecule has 3 aromatic rings. The molecule has 1 amide bonds. The van der Waals surface area contributed by atoms with Gasteiger partial charge in [0, 0.05) is 20.0 Å². The van der Waals surface area contributed by atoms with Crippen LogP contribution in [0.5, 0.6) is 0 Å². The fourth-order valence-electron chi connectivity index (χ4n) is 4.34. The minimum atomic E-state index is -0.482. The molecule has 4 rings (SSSR count). The van der Waals surface area contributed by atoms with Gasteiger partial charge < -0.3 is 10.1 Å². The van der Waals surface area contributed by atoms with Crippen molar-refractivity contribution in [1.82, 2.24) is 4.98 Å². The lowest BCUT2D eigenvalue weighted by Gasteiger charge is -2.35. The maximum absolute atomic E-state index is 13.3. The van der Waals surface area contributed by atoms with E-state index in [0.29, 0.717) is 17.2 Å². The summed E-state index contributed by atoms with van der Waals surface area (Å²) in [6.45, 7) is 6.34. The number of fused-ring (bicyclic) bond motifs is 2. The fraction of sp³-hybridized carbons (Fsp3) is 0.346. The van der Waals surface area contributed by atoms with Crippen LogP contribution in [-0.4, -0.2) is 23.5 Å². The number of ether oxygens (including phenoxy) is 1. The number of hydrogen-bond donors (Lipinski definition) is 1. The van der Waals surface area contributed by atoms with Crippen molar-refractivity contribution in [2.24, 2.45) is 11.3 Å².